The van der Waals surface area contributed by atoms with Gasteiger partial charge in [-0.25, -0.2) is 8.42 Å². The summed E-state index contributed by atoms with van der Waals surface area (Å²) in [7, 11) is -3.73. The van der Waals surface area contributed by atoms with Gasteiger partial charge in [-0.3, -0.25) is 9.10 Å². The topological polar surface area (TPSA) is 70.2 Å². The molecule has 0 bridgehead atoms. The normalized spacial score (nSPS) is 14.9. The molecule has 0 aromatic heterocycles. The van der Waals surface area contributed by atoms with Gasteiger partial charge in [0.1, 0.15) is 12.3 Å². The molecule has 0 atom stereocenters. The third-order valence-electron chi connectivity index (χ3n) is 5.35. The molecule has 7 nitrogen and oxygen atoms in total. The van der Waals surface area contributed by atoms with Gasteiger partial charge in [0, 0.05) is 31.9 Å². The molecule has 3 rings (SSSR count). The molecule has 0 N–H and O–H groups in total. The lowest BCUT2D eigenvalue weighted by Crippen LogP contribution is -2.52. The van der Waals surface area contributed by atoms with E-state index in [2.05, 4.69) is 0 Å². The molecule has 0 spiro atoms. The van der Waals surface area contributed by atoms with Crippen molar-refractivity contribution in [3.63, 3.8) is 0 Å². The Kier molecular flexibility index (Phi) is 7.64. The molecule has 0 saturated carbocycles. The van der Waals surface area contributed by atoms with Crippen molar-refractivity contribution in [3.8, 4) is 5.75 Å². The smallest absolute Gasteiger partial charge is 0.416 e. The summed E-state index contributed by atoms with van der Waals surface area (Å²) in [4.78, 5) is 16.2. The molecule has 0 radical (unpaired) electrons. The van der Waals surface area contributed by atoms with Crippen molar-refractivity contribution >= 4 is 27.3 Å². The maximum Gasteiger partial charge on any atom is 0.416 e. The molecule has 0 aliphatic carbocycles. The predicted octanol–water partition coefficient (Wildman–Crippen LogP) is 3.61. The van der Waals surface area contributed by atoms with Crippen LogP contribution in [0.2, 0.25) is 0 Å². The number of piperazine rings is 1. The lowest BCUT2D eigenvalue weighted by atomic mass is 10.1. The Hall–Kier alpha value is -2.95. The SMILES string of the molecule is CC(C)Oc1ccc(N(CC(=O)N2CCN(c3cccc(C(F)(F)F)c3)CC2)S(C)(=O)=O)cc1. The number of sulfonamides is 1. The monoisotopic (exact) mass is 499 g/mol. The maximum atomic E-state index is 13.0. The van der Waals surface area contributed by atoms with Crippen LogP contribution < -0.4 is 13.9 Å². The van der Waals surface area contributed by atoms with Crippen LogP contribution in [0.25, 0.3) is 0 Å². The van der Waals surface area contributed by atoms with Crippen molar-refractivity contribution in [3.05, 3.63) is 54.1 Å². The molecule has 1 fully saturated rings. The number of carbonyl (C=O) groups excluding carboxylic acids is 1. The van der Waals surface area contributed by atoms with E-state index in [0.29, 0.717) is 30.2 Å². The zero-order valence-corrected chi connectivity index (χ0v) is 20.1. The summed E-state index contributed by atoms with van der Waals surface area (Å²) in [5.74, 6) is 0.209. The maximum absolute atomic E-state index is 13.0. The van der Waals surface area contributed by atoms with Gasteiger partial charge < -0.3 is 14.5 Å². The van der Waals surface area contributed by atoms with Gasteiger partial charge >= 0.3 is 6.18 Å². The van der Waals surface area contributed by atoms with Gasteiger partial charge in [0.15, 0.2) is 0 Å². The van der Waals surface area contributed by atoms with E-state index >= 15 is 0 Å². The molecule has 2 aromatic carbocycles. The molecule has 0 unspecified atom stereocenters. The van der Waals surface area contributed by atoms with Gasteiger partial charge in [-0.2, -0.15) is 13.2 Å². The van der Waals surface area contributed by atoms with Crippen molar-refractivity contribution in [2.45, 2.75) is 26.1 Å². The standard InChI is InChI=1S/C23H28F3N3O4S/c1-17(2)33-21-9-7-19(8-10-21)29(34(3,31)32)16-22(30)28-13-11-27(12-14-28)20-6-4-5-18(15-20)23(24,25)26/h4-10,15,17H,11-14,16H2,1-3H3. The van der Waals surface area contributed by atoms with E-state index in [4.69, 9.17) is 4.74 Å². The van der Waals surface area contributed by atoms with Gasteiger partial charge in [0.25, 0.3) is 0 Å². The van der Waals surface area contributed by atoms with Crippen molar-refractivity contribution in [1.29, 1.82) is 0 Å². The number of alkyl halides is 3. The van der Waals surface area contributed by atoms with Gasteiger partial charge in [-0.05, 0) is 56.3 Å². The molecule has 11 heteroatoms. The Labute approximate surface area is 197 Å². The minimum Gasteiger partial charge on any atom is -0.491 e. The molecule has 1 amide bonds. The minimum absolute atomic E-state index is 0.0342. The number of hydrogen-bond acceptors (Lipinski definition) is 5. The third kappa shape index (κ3) is 6.55. The first-order valence-corrected chi connectivity index (χ1v) is 12.6. The summed E-state index contributed by atoms with van der Waals surface area (Å²) in [5.41, 5.74) is 0.0510. The van der Waals surface area contributed by atoms with Crippen LogP contribution in [0.3, 0.4) is 0 Å². The third-order valence-corrected chi connectivity index (χ3v) is 6.49. The second-order valence-electron chi connectivity index (χ2n) is 8.35. The highest BCUT2D eigenvalue weighted by Gasteiger charge is 2.31. The van der Waals surface area contributed by atoms with E-state index in [1.807, 2.05) is 13.8 Å². The van der Waals surface area contributed by atoms with Crippen LogP contribution in [0, 0.1) is 0 Å². The Bertz CT molecular complexity index is 1100. The molecule has 1 heterocycles. The number of hydrogen-bond donors (Lipinski definition) is 0. The van der Waals surface area contributed by atoms with E-state index in [9.17, 15) is 26.4 Å². The van der Waals surface area contributed by atoms with Crippen LogP contribution >= 0.6 is 0 Å². The summed E-state index contributed by atoms with van der Waals surface area (Å²) >= 11 is 0. The zero-order chi connectivity index (χ0) is 25.1. The van der Waals surface area contributed by atoms with E-state index in [1.165, 1.54) is 11.0 Å². The summed E-state index contributed by atoms with van der Waals surface area (Å²) in [6.07, 6.45) is -3.43. The number of ether oxygens (including phenoxy) is 1. The van der Waals surface area contributed by atoms with Gasteiger partial charge in [0.05, 0.1) is 23.6 Å². The number of anilines is 2. The van der Waals surface area contributed by atoms with Crippen LogP contribution in [0.5, 0.6) is 5.75 Å². The van der Waals surface area contributed by atoms with Crippen LogP contribution in [-0.4, -0.2) is 64.3 Å². The molecule has 1 aliphatic heterocycles. The van der Waals surface area contributed by atoms with E-state index in [0.717, 1.165) is 22.7 Å². The van der Waals surface area contributed by atoms with Gasteiger partial charge in [0.2, 0.25) is 15.9 Å². The number of halogens is 3. The highest BCUT2D eigenvalue weighted by molar-refractivity contribution is 7.92. The molecular weight excluding hydrogens is 471 g/mol. The molecule has 34 heavy (non-hydrogen) atoms. The Balaban J connectivity index is 1.65. The van der Waals surface area contributed by atoms with Crippen molar-refractivity contribution in [2.75, 3.05) is 48.2 Å². The average Bonchev–Trinajstić information content (AvgIpc) is 2.76. The molecular formula is C23H28F3N3O4S. The quantitative estimate of drug-likeness (QED) is 0.582. The highest BCUT2D eigenvalue weighted by Crippen LogP contribution is 2.32. The fourth-order valence-corrected chi connectivity index (χ4v) is 4.53. The summed E-state index contributed by atoms with van der Waals surface area (Å²) < 4.78 is 70.4. The molecule has 2 aromatic rings. The summed E-state index contributed by atoms with van der Waals surface area (Å²) in [5, 5.41) is 0. The number of benzene rings is 2. The predicted molar refractivity (Wildman–Crippen MR) is 125 cm³/mol. The van der Waals surface area contributed by atoms with Crippen LogP contribution in [-0.2, 0) is 21.0 Å². The number of amides is 1. The van der Waals surface area contributed by atoms with E-state index in [-0.39, 0.29) is 31.6 Å². The largest absolute Gasteiger partial charge is 0.491 e. The number of nitrogens with zero attached hydrogens (tertiary/aromatic N) is 3. The fraction of sp³-hybridized carbons (Fsp3) is 0.435. The lowest BCUT2D eigenvalue weighted by molar-refractivity contribution is -0.137. The molecule has 1 aliphatic rings. The molecule has 186 valence electrons. The Morgan fingerprint density at radius 1 is 1.06 bits per heavy atom. The zero-order valence-electron chi connectivity index (χ0n) is 19.2. The second-order valence-corrected chi connectivity index (χ2v) is 10.3. The first-order chi connectivity index (χ1) is 15.8. The van der Waals surface area contributed by atoms with E-state index < -0.39 is 21.8 Å². The van der Waals surface area contributed by atoms with Crippen LogP contribution in [0.4, 0.5) is 24.5 Å². The highest BCUT2D eigenvalue weighted by atomic mass is 32.2. The minimum atomic E-state index is -4.43. The lowest BCUT2D eigenvalue weighted by Gasteiger charge is -2.37. The average molecular weight is 500 g/mol. The summed E-state index contributed by atoms with van der Waals surface area (Å²) in [6, 6.07) is 11.5. The molecule has 1 saturated heterocycles. The van der Waals surface area contributed by atoms with Crippen LogP contribution in [0.15, 0.2) is 48.5 Å². The van der Waals surface area contributed by atoms with Crippen molar-refractivity contribution in [2.24, 2.45) is 0 Å². The number of rotatable bonds is 7. The van der Waals surface area contributed by atoms with E-state index in [1.54, 1.807) is 35.2 Å². The van der Waals surface area contributed by atoms with Crippen molar-refractivity contribution < 1.29 is 31.1 Å². The van der Waals surface area contributed by atoms with Gasteiger partial charge in [-0.1, -0.05) is 6.07 Å². The second kappa shape index (κ2) is 10.1. The first-order valence-electron chi connectivity index (χ1n) is 10.8. The fourth-order valence-electron chi connectivity index (χ4n) is 3.68. The number of carbonyl (C=O) groups is 1. The van der Waals surface area contributed by atoms with Crippen LogP contribution in [0.1, 0.15) is 19.4 Å². The Morgan fingerprint density at radius 3 is 2.21 bits per heavy atom. The Morgan fingerprint density at radius 2 is 1.68 bits per heavy atom. The first kappa shape index (κ1) is 25.7. The summed E-state index contributed by atoms with van der Waals surface area (Å²) in [6.45, 7) is 4.61. The van der Waals surface area contributed by atoms with Gasteiger partial charge in [-0.15, -0.1) is 0 Å². The van der Waals surface area contributed by atoms with Crippen molar-refractivity contribution in [1.82, 2.24) is 4.90 Å².